The topological polar surface area (TPSA) is 39.7 Å². The van der Waals surface area contributed by atoms with Crippen LogP contribution in [0.1, 0.15) is 39.2 Å². The van der Waals surface area contributed by atoms with E-state index in [0.29, 0.717) is 12.0 Å². The maximum absolute atomic E-state index is 4.71. The molecule has 0 amide bonds. The molecule has 0 aliphatic heterocycles. The van der Waals surface area contributed by atoms with E-state index in [1.54, 1.807) is 0 Å². The minimum atomic E-state index is 0.426. The molecule has 0 aliphatic carbocycles. The van der Waals surface area contributed by atoms with Crippen LogP contribution in [0.25, 0.3) is 0 Å². The highest BCUT2D eigenvalue weighted by molar-refractivity contribution is 5.79. The second-order valence-corrected chi connectivity index (χ2v) is 6.03. The van der Waals surface area contributed by atoms with Crippen LogP contribution >= 0.6 is 0 Å². The number of rotatable bonds is 8. The molecule has 1 unspecified atom stereocenters. The highest BCUT2D eigenvalue weighted by atomic mass is 15.2. The Kier molecular flexibility index (Phi) is 8.60. The van der Waals surface area contributed by atoms with Crippen LogP contribution in [0.2, 0.25) is 0 Å². The molecular formula is C18H32N4. The Morgan fingerprint density at radius 3 is 2.41 bits per heavy atom. The van der Waals surface area contributed by atoms with Gasteiger partial charge in [0, 0.05) is 38.1 Å². The smallest absolute Gasteiger partial charge is 0.191 e. The van der Waals surface area contributed by atoms with Gasteiger partial charge in [0.2, 0.25) is 0 Å². The van der Waals surface area contributed by atoms with Gasteiger partial charge < -0.3 is 15.5 Å². The van der Waals surface area contributed by atoms with Crippen LogP contribution in [-0.4, -0.2) is 50.1 Å². The third kappa shape index (κ3) is 6.94. The van der Waals surface area contributed by atoms with Crippen LogP contribution in [-0.2, 0) is 0 Å². The van der Waals surface area contributed by atoms with Crippen LogP contribution in [0.15, 0.2) is 35.3 Å². The zero-order valence-corrected chi connectivity index (χ0v) is 14.8. The molecule has 0 spiro atoms. The number of nitrogens with zero attached hydrogens (tertiary/aromatic N) is 2. The maximum Gasteiger partial charge on any atom is 0.191 e. The van der Waals surface area contributed by atoms with Crippen molar-refractivity contribution < 1.29 is 0 Å². The minimum absolute atomic E-state index is 0.426. The van der Waals surface area contributed by atoms with Gasteiger partial charge in [0.25, 0.3) is 0 Å². The van der Waals surface area contributed by atoms with E-state index < -0.39 is 0 Å². The molecule has 0 bridgehead atoms. The molecule has 0 aliphatic rings. The summed E-state index contributed by atoms with van der Waals surface area (Å²) >= 11 is 0. The highest BCUT2D eigenvalue weighted by Crippen LogP contribution is 2.14. The molecule has 2 N–H and O–H groups in total. The maximum atomic E-state index is 4.71. The zero-order chi connectivity index (χ0) is 16.4. The van der Waals surface area contributed by atoms with Crippen molar-refractivity contribution in [2.45, 2.75) is 39.7 Å². The van der Waals surface area contributed by atoms with Crippen molar-refractivity contribution in [3.05, 3.63) is 35.9 Å². The summed E-state index contributed by atoms with van der Waals surface area (Å²) < 4.78 is 0. The van der Waals surface area contributed by atoms with Gasteiger partial charge in [-0.2, -0.15) is 0 Å². The molecule has 0 radical (unpaired) electrons. The van der Waals surface area contributed by atoms with Crippen LogP contribution in [0.5, 0.6) is 0 Å². The van der Waals surface area contributed by atoms with Crippen LogP contribution in [0.4, 0.5) is 0 Å². The second-order valence-electron chi connectivity index (χ2n) is 6.03. The van der Waals surface area contributed by atoms with Gasteiger partial charge in [-0.05, 0) is 33.4 Å². The first kappa shape index (κ1) is 18.5. The largest absolute Gasteiger partial charge is 0.357 e. The summed E-state index contributed by atoms with van der Waals surface area (Å²) in [7, 11) is 2.15. The number of benzene rings is 1. The van der Waals surface area contributed by atoms with Gasteiger partial charge in [-0.1, -0.05) is 37.3 Å². The van der Waals surface area contributed by atoms with E-state index in [9.17, 15) is 0 Å². The first-order valence-electron chi connectivity index (χ1n) is 8.32. The molecule has 0 fully saturated rings. The fraction of sp³-hybridized carbons (Fsp3) is 0.611. The summed E-state index contributed by atoms with van der Waals surface area (Å²) in [5.74, 6) is 1.33. The Bertz CT molecular complexity index is 428. The van der Waals surface area contributed by atoms with Gasteiger partial charge in [-0.3, -0.25) is 4.99 Å². The van der Waals surface area contributed by atoms with Crippen molar-refractivity contribution in [2.24, 2.45) is 4.99 Å². The summed E-state index contributed by atoms with van der Waals surface area (Å²) in [6, 6.07) is 11.1. The summed E-state index contributed by atoms with van der Waals surface area (Å²) in [5.41, 5.74) is 1.33. The Hall–Kier alpha value is -1.55. The summed E-state index contributed by atoms with van der Waals surface area (Å²) in [6.45, 7) is 12.3. The Morgan fingerprint density at radius 1 is 1.14 bits per heavy atom. The molecule has 22 heavy (non-hydrogen) atoms. The predicted molar refractivity (Wildman–Crippen MR) is 96.6 cm³/mol. The van der Waals surface area contributed by atoms with Crippen molar-refractivity contribution in [3.63, 3.8) is 0 Å². The van der Waals surface area contributed by atoms with E-state index in [1.807, 2.05) is 0 Å². The van der Waals surface area contributed by atoms with E-state index >= 15 is 0 Å². The van der Waals surface area contributed by atoms with E-state index in [0.717, 1.165) is 32.1 Å². The summed E-state index contributed by atoms with van der Waals surface area (Å²) in [4.78, 5) is 7.03. The lowest BCUT2D eigenvalue weighted by Gasteiger charge is -2.21. The van der Waals surface area contributed by atoms with Gasteiger partial charge in [-0.25, -0.2) is 0 Å². The third-order valence-corrected chi connectivity index (χ3v) is 3.87. The van der Waals surface area contributed by atoms with Crippen LogP contribution in [0, 0.1) is 0 Å². The van der Waals surface area contributed by atoms with Crippen molar-refractivity contribution in [1.82, 2.24) is 15.5 Å². The normalized spacial score (nSPS) is 13.5. The molecule has 4 nitrogen and oxygen atoms in total. The Balaban J connectivity index is 2.47. The Labute approximate surface area is 136 Å². The SMILES string of the molecule is CCNC(=NCC(C)c1ccccc1)NCCN(C)C(C)C. The average molecular weight is 304 g/mol. The van der Waals surface area contributed by atoms with Crippen molar-refractivity contribution >= 4 is 5.96 Å². The van der Waals surface area contributed by atoms with Crippen LogP contribution in [0.3, 0.4) is 0 Å². The minimum Gasteiger partial charge on any atom is -0.357 e. The average Bonchev–Trinajstić information content (AvgIpc) is 2.52. The fourth-order valence-electron chi connectivity index (χ4n) is 2.07. The quantitative estimate of drug-likeness (QED) is 0.573. The van der Waals surface area contributed by atoms with Gasteiger partial charge in [0.05, 0.1) is 0 Å². The number of hydrogen-bond donors (Lipinski definition) is 2. The number of guanidine groups is 1. The summed E-state index contributed by atoms with van der Waals surface area (Å²) in [6.07, 6.45) is 0. The second kappa shape index (κ2) is 10.2. The molecular weight excluding hydrogens is 272 g/mol. The van der Waals surface area contributed by atoms with E-state index in [-0.39, 0.29) is 0 Å². The molecule has 1 atom stereocenters. The first-order valence-corrected chi connectivity index (χ1v) is 8.32. The lowest BCUT2D eigenvalue weighted by atomic mass is 10.0. The Morgan fingerprint density at radius 2 is 1.82 bits per heavy atom. The van der Waals surface area contributed by atoms with Gasteiger partial charge in [-0.15, -0.1) is 0 Å². The standard InChI is InChI=1S/C18H32N4/c1-6-19-18(20-12-13-22(5)15(2)3)21-14-16(4)17-10-8-7-9-11-17/h7-11,15-16H,6,12-14H2,1-5H3,(H2,19,20,21). The monoisotopic (exact) mass is 304 g/mol. The molecule has 0 aromatic heterocycles. The predicted octanol–water partition coefficient (Wildman–Crippen LogP) is 2.69. The van der Waals surface area contributed by atoms with E-state index in [4.69, 9.17) is 4.99 Å². The van der Waals surface area contributed by atoms with Crippen molar-refractivity contribution in [1.29, 1.82) is 0 Å². The molecule has 124 valence electrons. The number of hydrogen-bond acceptors (Lipinski definition) is 2. The third-order valence-electron chi connectivity index (χ3n) is 3.87. The fourth-order valence-corrected chi connectivity index (χ4v) is 2.07. The highest BCUT2D eigenvalue weighted by Gasteiger charge is 2.06. The van der Waals surface area contributed by atoms with Gasteiger partial charge in [0.15, 0.2) is 5.96 Å². The van der Waals surface area contributed by atoms with Crippen molar-refractivity contribution in [3.8, 4) is 0 Å². The number of nitrogens with one attached hydrogen (secondary N) is 2. The molecule has 0 saturated heterocycles. The van der Waals surface area contributed by atoms with Gasteiger partial charge >= 0.3 is 0 Å². The zero-order valence-electron chi connectivity index (χ0n) is 14.8. The molecule has 0 heterocycles. The molecule has 0 saturated carbocycles. The first-order chi connectivity index (χ1) is 10.5. The molecule has 1 aromatic carbocycles. The molecule has 4 heteroatoms. The van der Waals surface area contributed by atoms with Crippen molar-refractivity contribution in [2.75, 3.05) is 33.2 Å². The van der Waals surface area contributed by atoms with E-state index in [2.05, 4.69) is 80.6 Å². The number of likely N-dealkylation sites (N-methyl/N-ethyl adjacent to an activating group) is 1. The molecule has 1 aromatic rings. The lowest BCUT2D eigenvalue weighted by molar-refractivity contribution is 0.278. The van der Waals surface area contributed by atoms with Gasteiger partial charge in [0.1, 0.15) is 0 Å². The lowest BCUT2D eigenvalue weighted by Crippen LogP contribution is -2.42. The van der Waals surface area contributed by atoms with E-state index in [1.165, 1.54) is 5.56 Å². The van der Waals surface area contributed by atoms with Crippen LogP contribution < -0.4 is 10.6 Å². The number of aliphatic imine (C=N–C) groups is 1. The summed E-state index contributed by atoms with van der Waals surface area (Å²) in [5, 5.41) is 6.72. The molecule has 1 rings (SSSR count).